The lowest BCUT2D eigenvalue weighted by molar-refractivity contribution is 0.102. The van der Waals surface area contributed by atoms with Gasteiger partial charge in [-0.15, -0.1) is 0 Å². The first kappa shape index (κ1) is 17.4. The maximum Gasteiger partial charge on any atom is 0.255 e. The van der Waals surface area contributed by atoms with Crippen molar-refractivity contribution in [1.82, 2.24) is 4.98 Å². The van der Waals surface area contributed by atoms with Crippen molar-refractivity contribution in [3.05, 3.63) is 102 Å². The lowest BCUT2D eigenvalue weighted by atomic mass is 10.1. The number of rotatable bonds is 4. The standard InChI is InChI=1S/C23H17N3O2/c27-22(16-6-2-1-3-7-16)25-18-13-11-17(12-14-18)23(28)26-21-10-4-9-20-19(21)8-5-15-24-20/h1-15H,(H,25,27)(H,26,28). The number of benzene rings is 3. The Kier molecular flexibility index (Phi) is 4.80. The fraction of sp³-hybridized carbons (Fsp3) is 0. The molecule has 0 radical (unpaired) electrons. The summed E-state index contributed by atoms with van der Waals surface area (Å²) in [5.41, 5.74) is 3.23. The molecule has 0 atom stereocenters. The van der Waals surface area contributed by atoms with E-state index in [9.17, 15) is 9.59 Å². The number of hydrogen-bond acceptors (Lipinski definition) is 3. The molecule has 0 aliphatic carbocycles. The number of amides is 2. The van der Waals surface area contributed by atoms with Crippen molar-refractivity contribution in [2.24, 2.45) is 0 Å². The highest BCUT2D eigenvalue weighted by Crippen LogP contribution is 2.22. The number of carbonyl (C=O) groups is 2. The number of hydrogen-bond donors (Lipinski definition) is 2. The van der Waals surface area contributed by atoms with Crippen LogP contribution in [-0.2, 0) is 0 Å². The van der Waals surface area contributed by atoms with Crippen molar-refractivity contribution in [1.29, 1.82) is 0 Å². The van der Waals surface area contributed by atoms with Gasteiger partial charge in [0.05, 0.1) is 11.2 Å². The fourth-order valence-electron chi connectivity index (χ4n) is 2.90. The first-order valence-electron chi connectivity index (χ1n) is 8.82. The summed E-state index contributed by atoms with van der Waals surface area (Å²) in [5.74, 6) is -0.418. The SMILES string of the molecule is O=C(Nc1ccc(C(=O)Nc2cccc3ncccc23)cc1)c1ccccc1. The van der Waals surface area contributed by atoms with Crippen molar-refractivity contribution >= 4 is 34.1 Å². The summed E-state index contributed by atoms with van der Waals surface area (Å²) >= 11 is 0. The molecule has 0 bridgehead atoms. The number of fused-ring (bicyclic) bond motifs is 1. The minimum atomic E-state index is -0.225. The molecule has 3 aromatic carbocycles. The lowest BCUT2D eigenvalue weighted by Gasteiger charge is -2.09. The van der Waals surface area contributed by atoms with E-state index in [0.717, 1.165) is 10.9 Å². The molecule has 2 amide bonds. The van der Waals surface area contributed by atoms with E-state index in [1.807, 2.05) is 48.5 Å². The number of pyridine rings is 1. The van der Waals surface area contributed by atoms with E-state index < -0.39 is 0 Å². The summed E-state index contributed by atoms with van der Waals surface area (Å²) in [6.07, 6.45) is 1.72. The quantitative estimate of drug-likeness (QED) is 0.547. The average Bonchev–Trinajstić information content (AvgIpc) is 2.75. The number of carbonyl (C=O) groups excluding carboxylic acids is 2. The first-order valence-corrected chi connectivity index (χ1v) is 8.82. The Morgan fingerprint density at radius 3 is 2.14 bits per heavy atom. The van der Waals surface area contributed by atoms with Crippen LogP contribution in [0.5, 0.6) is 0 Å². The molecule has 0 saturated carbocycles. The highest BCUT2D eigenvalue weighted by molar-refractivity contribution is 6.09. The Labute approximate surface area is 162 Å². The summed E-state index contributed by atoms with van der Waals surface area (Å²) < 4.78 is 0. The van der Waals surface area contributed by atoms with Crippen LogP contribution in [0.4, 0.5) is 11.4 Å². The maximum absolute atomic E-state index is 12.6. The number of aromatic nitrogens is 1. The Balaban J connectivity index is 1.47. The van der Waals surface area contributed by atoms with Crippen molar-refractivity contribution in [3.63, 3.8) is 0 Å². The molecule has 4 aromatic rings. The van der Waals surface area contributed by atoms with Crippen LogP contribution in [0.1, 0.15) is 20.7 Å². The molecular formula is C23H17N3O2. The third-order valence-corrected chi connectivity index (χ3v) is 4.33. The van der Waals surface area contributed by atoms with Crippen LogP contribution in [0.3, 0.4) is 0 Å². The van der Waals surface area contributed by atoms with Gasteiger partial charge in [-0.1, -0.05) is 24.3 Å². The van der Waals surface area contributed by atoms with Crippen molar-refractivity contribution in [3.8, 4) is 0 Å². The molecule has 0 unspecified atom stereocenters. The van der Waals surface area contributed by atoms with Crippen LogP contribution in [0.15, 0.2) is 91.1 Å². The zero-order valence-corrected chi connectivity index (χ0v) is 14.9. The highest BCUT2D eigenvalue weighted by Gasteiger charge is 2.10. The molecule has 0 aliphatic rings. The monoisotopic (exact) mass is 367 g/mol. The molecule has 0 aliphatic heterocycles. The normalized spacial score (nSPS) is 10.4. The summed E-state index contributed by atoms with van der Waals surface area (Å²) in [6, 6.07) is 25.1. The van der Waals surface area contributed by atoms with E-state index >= 15 is 0 Å². The second kappa shape index (κ2) is 7.72. The second-order valence-corrected chi connectivity index (χ2v) is 6.23. The smallest absolute Gasteiger partial charge is 0.255 e. The molecular weight excluding hydrogens is 350 g/mol. The van der Waals surface area contributed by atoms with Crippen LogP contribution in [0.2, 0.25) is 0 Å². The fourth-order valence-corrected chi connectivity index (χ4v) is 2.90. The molecule has 1 aromatic heterocycles. The van der Waals surface area contributed by atoms with Crippen LogP contribution >= 0.6 is 0 Å². The van der Waals surface area contributed by atoms with E-state index in [1.165, 1.54) is 0 Å². The summed E-state index contributed by atoms with van der Waals surface area (Å²) in [5, 5.41) is 6.62. The summed E-state index contributed by atoms with van der Waals surface area (Å²) in [6.45, 7) is 0. The minimum Gasteiger partial charge on any atom is -0.322 e. The summed E-state index contributed by atoms with van der Waals surface area (Å²) in [7, 11) is 0. The van der Waals surface area contributed by atoms with Crippen molar-refractivity contribution < 1.29 is 9.59 Å². The van der Waals surface area contributed by atoms with Gasteiger partial charge in [0.2, 0.25) is 0 Å². The molecule has 4 rings (SSSR count). The molecule has 0 saturated heterocycles. The number of anilines is 2. The van der Waals surface area contributed by atoms with Crippen molar-refractivity contribution in [2.75, 3.05) is 10.6 Å². The minimum absolute atomic E-state index is 0.193. The maximum atomic E-state index is 12.6. The number of nitrogens with zero attached hydrogens (tertiary/aromatic N) is 1. The lowest BCUT2D eigenvalue weighted by Crippen LogP contribution is -2.13. The Morgan fingerprint density at radius 2 is 1.36 bits per heavy atom. The van der Waals surface area contributed by atoms with Crippen LogP contribution in [0.25, 0.3) is 10.9 Å². The van der Waals surface area contributed by atoms with Gasteiger partial charge in [-0.3, -0.25) is 14.6 Å². The molecule has 1 heterocycles. The largest absolute Gasteiger partial charge is 0.322 e. The van der Waals surface area contributed by atoms with Crippen LogP contribution in [0, 0.1) is 0 Å². The highest BCUT2D eigenvalue weighted by atomic mass is 16.2. The van der Waals surface area contributed by atoms with E-state index in [2.05, 4.69) is 15.6 Å². The predicted molar refractivity (Wildman–Crippen MR) is 111 cm³/mol. The molecule has 0 spiro atoms. The summed E-state index contributed by atoms with van der Waals surface area (Å²) in [4.78, 5) is 29.1. The van der Waals surface area contributed by atoms with Gasteiger partial charge in [-0.2, -0.15) is 0 Å². The zero-order valence-electron chi connectivity index (χ0n) is 14.9. The third kappa shape index (κ3) is 3.73. The first-order chi connectivity index (χ1) is 13.7. The van der Waals surface area contributed by atoms with Gasteiger partial charge in [0.15, 0.2) is 0 Å². The molecule has 0 fully saturated rings. The van der Waals surface area contributed by atoms with Gasteiger partial charge in [-0.05, 0) is 60.7 Å². The molecule has 28 heavy (non-hydrogen) atoms. The zero-order chi connectivity index (χ0) is 19.3. The van der Waals surface area contributed by atoms with E-state index in [4.69, 9.17) is 0 Å². The molecule has 136 valence electrons. The van der Waals surface area contributed by atoms with E-state index in [1.54, 1.807) is 42.6 Å². The Morgan fingerprint density at radius 1 is 0.643 bits per heavy atom. The van der Waals surface area contributed by atoms with Crippen LogP contribution in [-0.4, -0.2) is 16.8 Å². The number of nitrogens with one attached hydrogen (secondary N) is 2. The predicted octanol–water partition coefficient (Wildman–Crippen LogP) is 4.74. The van der Waals surface area contributed by atoms with Crippen LogP contribution < -0.4 is 10.6 Å². The molecule has 2 N–H and O–H groups in total. The topological polar surface area (TPSA) is 71.1 Å². The third-order valence-electron chi connectivity index (χ3n) is 4.33. The van der Waals surface area contributed by atoms with Gasteiger partial charge in [-0.25, -0.2) is 0 Å². The van der Waals surface area contributed by atoms with E-state index in [0.29, 0.717) is 22.5 Å². The molecule has 5 heteroatoms. The van der Waals surface area contributed by atoms with Crippen molar-refractivity contribution in [2.45, 2.75) is 0 Å². The Hall–Kier alpha value is -3.99. The van der Waals surface area contributed by atoms with Gasteiger partial charge in [0, 0.05) is 28.4 Å². The molecule has 5 nitrogen and oxygen atoms in total. The van der Waals surface area contributed by atoms with Gasteiger partial charge >= 0.3 is 0 Å². The Bertz CT molecular complexity index is 1130. The van der Waals surface area contributed by atoms with Gasteiger partial charge < -0.3 is 10.6 Å². The average molecular weight is 367 g/mol. The van der Waals surface area contributed by atoms with E-state index in [-0.39, 0.29) is 11.8 Å². The van der Waals surface area contributed by atoms with Gasteiger partial charge in [0.25, 0.3) is 11.8 Å². The second-order valence-electron chi connectivity index (χ2n) is 6.23. The van der Waals surface area contributed by atoms with Gasteiger partial charge in [0.1, 0.15) is 0 Å².